The van der Waals surface area contributed by atoms with Crippen molar-refractivity contribution < 1.29 is 0 Å². The Balaban J connectivity index is 2.10. The lowest BCUT2D eigenvalue weighted by atomic mass is 10.0. The van der Waals surface area contributed by atoms with E-state index < -0.39 is 0 Å². The van der Waals surface area contributed by atoms with Crippen molar-refractivity contribution in [3.8, 4) is 0 Å². The number of hydrogen-bond donors (Lipinski definition) is 1. The van der Waals surface area contributed by atoms with Gasteiger partial charge in [-0.3, -0.25) is 5.41 Å². The molecule has 0 aliphatic carbocycles. The van der Waals surface area contributed by atoms with Gasteiger partial charge >= 0.3 is 0 Å². The summed E-state index contributed by atoms with van der Waals surface area (Å²) in [5, 5.41) is 8.13. The van der Waals surface area contributed by atoms with Gasteiger partial charge in [0.25, 0.3) is 0 Å². The van der Waals surface area contributed by atoms with Crippen LogP contribution in [0.15, 0.2) is 30.3 Å². The van der Waals surface area contributed by atoms with Crippen molar-refractivity contribution in [3.05, 3.63) is 35.9 Å². The van der Waals surface area contributed by atoms with E-state index in [2.05, 4.69) is 18.7 Å². The van der Waals surface area contributed by atoms with Gasteiger partial charge < -0.3 is 4.90 Å². The summed E-state index contributed by atoms with van der Waals surface area (Å²) >= 11 is 0. The smallest absolute Gasteiger partial charge is 0.128 e. The predicted octanol–water partition coefficient (Wildman–Crippen LogP) is 2.60. The van der Waals surface area contributed by atoms with Crippen molar-refractivity contribution in [1.82, 2.24) is 4.90 Å². The van der Waals surface area contributed by atoms with Gasteiger partial charge in [-0.15, -0.1) is 0 Å². The molecule has 2 nitrogen and oxygen atoms in total. The molecule has 1 saturated heterocycles. The van der Waals surface area contributed by atoms with E-state index in [4.69, 9.17) is 5.41 Å². The standard InChI is InChI=1S/C13H18N2/c1-10-8-15(9-11(10)2)13(14)12-6-4-3-5-7-12/h3-7,10-11,14H,8-9H2,1-2H3. The SMILES string of the molecule is CC1CN(C(=N)c2ccccc2)CC1C. The summed E-state index contributed by atoms with van der Waals surface area (Å²) in [5.41, 5.74) is 1.03. The summed E-state index contributed by atoms with van der Waals surface area (Å²) in [4.78, 5) is 2.19. The molecule has 1 fully saturated rings. The van der Waals surface area contributed by atoms with Crippen LogP contribution in [0.25, 0.3) is 0 Å². The van der Waals surface area contributed by atoms with Gasteiger partial charge in [-0.05, 0) is 11.8 Å². The Morgan fingerprint density at radius 3 is 2.20 bits per heavy atom. The summed E-state index contributed by atoms with van der Waals surface area (Å²) in [6.45, 7) is 6.58. The summed E-state index contributed by atoms with van der Waals surface area (Å²) in [6.07, 6.45) is 0. The number of likely N-dealkylation sites (tertiary alicyclic amines) is 1. The minimum absolute atomic E-state index is 0.673. The zero-order valence-electron chi connectivity index (χ0n) is 9.40. The highest BCUT2D eigenvalue weighted by molar-refractivity contribution is 5.96. The number of rotatable bonds is 1. The fourth-order valence-electron chi connectivity index (χ4n) is 2.09. The van der Waals surface area contributed by atoms with Gasteiger partial charge in [0.1, 0.15) is 5.84 Å². The first-order valence-electron chi connectivity index (χ1n) is 5.57. The maximum atomic E-state index is 8.13. The van der Waals surface area contributed by atoms with E-state index in [-0.39, 0.29) is 0 Å². The first kappa shape index (κ1) is 10.2. The third-order valence-corrected chi connectivity index (χ3v) is 3.35. The highest BCUT2D eigenvalue weighted by Crippen LogP contribution is 2.23. The molecule has 1 N–H and O–H groups in total. The zero-order valence-corrected chi connectivity index (χ0v) is 9.40. The maximum Gasteiger partial charge on any atom is 0.128 e. The number of benzene rings is 1. The Kier molecular flexibility index (Phi) is 2.76. The fraction of sp³-hybridized carbons (Fsp3) is 0.462. The summed E-state index contributed by atoms with van der Waals surface area (Å²) in [5.74, 6) is 2.08. The van der Waals surface area contributed by atoms with Gasteiger partial charge in [-0.25, -0.2) is 0 Å². The molecule has 1 aliphatic rings. The topological polar surface area (TPSA) is 27.1 Å². The third kappa shape index (κ3) is 2.04. The number of nitrogens with one attached hydrogen (secondary N) is 1. The molecule has 2 rings (SSSR count). The van der Waals surface area contributed by atoms with Gasteiger partial charge in [-0.1, -0.05) is 44.2 Å². The first-order chi connectivity index (χ1) is 7.18. The van der Waals surface area contributed by atoms with Gasteiger partial charge in [-0.2, -0.15) is 0 Å². The molecule has 1 heterocycles. The molecular formula is C13H18N2. The molecule has 0 bridgehead atoms. The molecule has 0 radical (unpaired) electrons. The Morgan fingerprint density at radius 2 is 1.67 bits per heavy atom. The monoisotopic (exact) mass is 202 g/mol. The predicted molar refractivity (Wildman–Crippen MR) is 63.2 cm³/mol. The van der Waals surface area contributed by atoms with Crippen LogP contribution in [-0.2, 0) is 0 Å². The molecule has 1 aromatic carbocycles. The van der Waals surface area contributed by atoms with Crippen LogP contribution in [0.5, 0.6) is 0 Å². The van der Waals surface area contributed by atoms with Crippen LogP contribution in [0.3, 0.4) is 0 Å². The van der Waals surface area contributed by atoms with E-state index in [0.717, 1.165) is 18.7 Å². The highest BCUT2D eigenvalue weighted by atomic mass is 15.2. The van der Waals surface area contributed by atoms with Gasteiger partial charge in [0.15, 0.2) is 0 Å². The van der Waals surface area contributed by atoms with Crippen LogP contribution < -0.4 is 0 Å². The van der Waals surface area contributed by atoms with E-state index in [1.54, 1.807) is 0 Å². The van der Waals surface area contributed by atoms with Crippen molar-refractivity contribution in [3.63, 3.8) is 0 Å². The van der Waals surface area contributed by atoms with Crippen LogP contribution in [0.4, 0.5) is 0 Å². The lowest BCUT2D eigenvalue weighted by molar-refractivity contribution is 0.492. The lowest BCUT2D eigenvalue weighted by Crippen LogP contribution is -2.28. The third-order valence-electron chi connectivity index (χ3n) is 3.35. The van der Waals surface area contributed by atoms with Crippen molar-refractivity contribution >= 4 is 5.84 Å². The second-order valence-corrected chi connectivity index (χ2v) is 4.57. The molecule has 2 heteroatoms. The molecule has 1 aliphatic heterocycles. The average Bonchev–Trinajstić information content (AvgIpc) is 2.59. The van der Waals surface area contributed by atoms with E-state index in [0.29, 0.717) is 17.7 Å². The highest BCUT2D eigenvalue weighted by Gasteiger charge is 2.27. The molecule has 2 unspecified atom stereocenters. The molecule has 0 aromatic heterocycles. The normalized spacial score (nSPS) is 25.6. The van der Waals surface area contributed by atoms with Crippen LogP contribution in [-0.4, -0.2) is 23.8 Å². The Morgan fingerprint density at radius 1 is 1.13 bits per heavy atom. The minimum atomic E-state index is 0.673. The molecule has 80 valence electrons. The molecule has 0 saturated carbocycles. The van der Waals surface area contributed by atoms with Crippen LogP contribution in [0, 0.1) is 17.2 Å². The average molecular weight is 202 g/mol. The van der Waals surface area contributed by atoms with Crippen molar-refractivity contribution in [1.29, 1.82) is 5.41 Å². The van der Waals surface area contributed by atoms with Crippen LogP contribution in [0.2, 0.25) is 0 Å². The number of amidine groups is 1. The molecule has 2 atom stereocenters. The Labute approximate surface area is 91.4 Å². The van der Waals surface area contributed by atoms with Gasteiger partial charge in [0, 0.05) is 18.7 Å². The Bertz CT molecular complexity index is 335. The second kappa shape index (κ2) is 4.05. The largest absolute Gasteiger partial charge is 0.356 e. The molecule has 0 spiro atoms. The first-order valence-corrected chi connectivity index (χ1v) is 5.57. The van der Waals surface area contributed by atoms with Crippen LogP contribution in [0.1, 0.15) is 19.4 Å². The quantitative estimate of drug-likeness (QED) is 0.550. The second-order valence-electron chi connectivity index (χ2n) is 4.57. The number of nitrogens with zero attached hydrogens (tertiary/aromatic N) is 1. The van der Waals surface area contributed by atoms with Crippen molar-refractivity contribution in [2.45, 2.75) is 13.8 Å². The minimum Gasteiger partial charge on any atom is -0.356 e. The van der Waals surface area contributed by atoms with Crippen molar-refractivity contribution in [2.24, 2.45) is 11.8 Å². The zero-order chi connectivity index (χ0) is 10.8. The molecular weight excluding hydrogens is 184 g/mol. The van der Waals surface area contributed by atoms with E-state index in [1.165, 1.54) is 0 Å². The van der Waals surface area contributed by atoms with Crippen LogP contribution >= 0.6 is 0 Å². The van der Waals surface area contributed by atoms with E-state index in [9.17, 15) is 0 Å². The van der Waals surface area contributed by atoms with Gasteiger partial charge in [0.05, 0.1) is 0 Å². The molecule has 0 amide bonds. The summed E-state index contributed by atoms with van der Waals surface area (Å²) < 4.78 is 0. The summed E-state index contributed by atoms with van der Waals surface area (Å²) in [6, 6.07) is 10.00. The molecule has 1 aromatic rings. The van der Waals surface area contributed by atoms with E-state index in [1.807, 2.05) is 30.3 Å². The van der Waals surface area contributed by atoms with E-state index >= 15 is 0 Å². The Hall–Kier alpha value is -1.31. The van der Waals surface area contributed by atoms with Crippen molar-refractivity contribution in [2.75, 3.05) is 13.1 Å². The number of hydrogen-bond acceptors (Lipinski definition) is 1. The van der Waals surface area contributed by atoms with Gasteiger partial charge in [0.2, 0.25) is 0 Å². The maximum absolute atomic E-state index is 8.13. The lowest BCUT2D eigenvalue weighted by Gasteiger charge is -2.19. The molecule has 15 heavy (non-hydrogen) atoms. The summed E-state index contributed by atoms with van der Waals surface area (Å²) in [7, 11) is 0. The fourth-order valence-corrected chi connectivity index (χ4v) is 2.09.